The van der Waals surface area contributed by atoms with Gasteiger partial charge in [-0.3, -0.25) is 13.9 Å². The maximum Gasteiger partial charge on any atom is 0.264 e. The molecule has 7 nitrogen and oxygen atoms in total. The molecule has 0 saturated carbocycles. The lowest BCUT2D eigenvalue weighted by molar-refractivity contribution is -0.140. The van der Waals surface area contributed by atoms with Gasteiger partial charge in [0, 0.05) is 22.6 Å². The van der Waals surface area contributed by atoms with Crippen molar-refractivity contribution in [1.29, 1.82) is 0 Å². The average Bonchev–Trinajstić information content (AvgIpc) is 2.93. The zero-order valence-corrected chi connectivity index (χ0v) is 25.4. The minimum Gasteiger partial charge on any atom is -0.352 e. The highest BCUT2D eigenvalue weighted by Crippen LogP contribution is 2.30. The van der Waals surface area contributed by atoms with Crippen molar-refractivity contribution in [3.8, 4) is 0 Å². The van der Waals surface area contributed by atoms with Crippen LogP contribution >= 0.6 is 23.2 Å². The molecule has 2 atom stereocenters. The van der Waals surface area contributed by atoms with E-state index in [9.17, 15) is 18.0 Å². The van der Waals surface area contributed by atoms with Crippen molar-refractivity contribution in [2.75, 3.05) is 10.8 Å². The van der Waals surface area contributed by atoms with E-state index in [-0.39, 0.29) is 23.4 Å². The smallest absolute Gasteiger partial charge is 0.264 e. The Morgan fingerprint density at radius 3 is 2.17 bits per heavy atom. The predicted molar refractivity (Wildman–Crippen MR) is 161 cm³/mol. The molecule has 3 aromatic carbocycles. The van der Waals surface area contributed by atoms with E-state index in [0.29, 0.717) is 33.3 Å². The van der Waals surface area contributed by atoms with Crippen molar-refractivity contribution in [3.05, 3.63) is 94.0 Å². The standard InChI is InChI=1S/C30H35Cl2N3O4S/c1-5-22(4)33-30(37)27(6-2)34(19-23-12-10-11-15-26(23)32)29(36)20-35(28-17-16-24(31)18-21(28)3)40(38,39)25-13-8-7-9-14-25/h7-18,22,27H,5-6,19-20H2,1-4H3,(H,33,37)/t22-,27+/m0/s1. The van der Waals surface area contributed by atoms with Crippen molar-refractivity contribution in [3.63, 3.8) is 0 Å². The molecule has 0 heterocycles. The van der Waals surface area contributed by atoms with Gasteiger partial charge in [-0.1, -0.05) is 73.4 Å². The minimum absolute atomic E-state index is 0.0315. The molecule has 2 amide bonds. The van der Waals surface area contributed by atoms with Crippen LogP contribution in [0.4, 0.5) is 5.69 Å². The molecule has 0 fully saturated rings. The van der Waals surface area contributed by atoms with Crippen LogP contribution in [-0.2, 0) is 26.2 Å². The summed E-state index contributed by atoms with van der Waals surface area (Å²) >= 11 is 12.6. The molecule has 0 aliphatic carbocycles. The van der Waals surface area contributed by atoms with Gasteiger partial charge in [0.2, 0.25) is 11.8 Å². The number of rotatable bonds is 12. The monoisotopic (exact) mass is 603 g/mol. The van der Waals surface area contributed by atoms with Gasteiger partial charge in [-0.25, -0.2) is 8.42 Å². The Kier molecular flexibility index (Phi) is 11.0. The molecule has 0 spiro atoms. The van der Waals surface area contributed by atoms with Crippen LogP contribution in [-0.4, -0.2) is 43.8 Å². The first-order valence-electron chi connectivity index (χ1n) is 13.2. The van der Waals surface area contributed by atoms with E-state index >= 15 is 0 Å². The molecule has 40 heavy (non-hydrogen) atoms. The Hall–Kier alpha value is -3.07. The summed E-state index contributed by atoms with van der Waals surface area (Å²) in [7, 11) is -4.16. The number of sulfonamides is 1. The van der Waals surface area contributed by atoms with Crippen LogP contribution in [0.1, 0.15) is 44.7 Å². The highest BCUT2D eigenvalue weighted by atomic mass is 35.5. The number of nitrogens with one attached hydrogen (secondary N) is 1. The van der Waals surface area contributed by atoms with Crippen molar-refractivity contribution < 1.29 is 18.0 Å². The average molecular weight is 605 g/mol. The van der Waals surface area contributed by atoms with Crippen LogP contribution in [0.3, 0.4) is 0 Å². The molecule has 0 aliphatic rings. The second-order valence-electron chi connectivity index (χ2n) is 9.61. The number of aryl methyl sites for hydroxylation is 1. The Labute approximate surface area is 247 Å². The summed E-state index contributed by atoms with van der Waals surface area (Å²) in [5, 5.41) is 3.85. The van der Waals surface area contributed by atoms with Crippen molar-refractivity contribution in [1.82, 2.24) is 10.2 Å². The molecule has 0 aromatic heterocycles. The Balaban J connectivity index is 2.09. The summed E-state index contributed by atoms with van der Waals surface area (Å²) in [5.74, 6) is -0.850. The predicted octanol–water partition coefficient (Wildman–Crippen LogP) is 6.22. The van der Waals surface area contributed by atoms with Gasteiger partial charge < -0.3 is 10.2 Å². The fourth-order valence-corrected chi connectivity index (χ4v) is 6.22. The highest BCUT2D eigenvalue weighted by molar-refractivity contribution is 7.92. The molecule has 3 rings (SSSR count). The second kappa shape index (κ2) is 14.0. The summed E-state index contributed by atoms with van der Waals surface area (Å²) in [6.45, 7) is 6.90. The van der Waals surface area contributed by atoms with Gasteiger partial charge in [0.1, 0.15) is 12.6 Å². The molecule has 0 radical (unpaired) electrons. The summed E-state index contributed by atoms with van der Waals surface area (Å²) in [6.07, 6.45) is 1.05. The first-order chi connectivity index (χ1) is 19.0. The van der Waals surface area contributed by atoms with Crippen LogP contribution in [0.25, 0.3) is 0 Å². The lowest BCUT2D eigenvalue weighted by Gasteiger charge is -2.34. The van der Waals surface area contributed by atoms with Crippen LogP contribution in [0.2, 0.25) is 10.0 Å². The van der Waals surface area contributed by atoms with E-state index in [1.165, 1.54) is 17.0 Å². The number of halogens is 2. The highest BCUT2D eigenvalue weighted by Gasteiger charge is 2.34. The lowest BCUT2D eigenvalue weighted by Crippen LogP contribution is -2.53. The van der Waals surface area contributed by atoms with Crippen LogP contribution in [0, 0.1) is 6.92 Å². The zero-order chi connectivity index (χ0) is 29.4. The molecule has 214 valence electrons. The van der Waals surface area contributed by atoms with Crippen LogP contribution < -0.4 is 9.62 Å². The lowest BCUT2D eigenvalue weighted by atomic mass is 10.1. The first-order valence-corrected chi connectivity index (χ1v) is 15.4. The number of anilines is 1. The number of carbonyl (C=O) groups is 2. The van der Waals surface area contributed by atoms with Crippen LogP contribution in [0.15, 0.2) is 77.7 Å². The molecule has 1 N–H and O–H groups in total. The molecule has 0 unspecified atom stereocenters. The fraction of sp³-hybridized carbons (Fsp3) is 0.333. The minimum atomic E-state index is -4.16. The number of hydrogen-bond donors (Lipinski definition) is 1. The summed E-state index contributed by atoms with van der Waals surface area (Å²) in [5.41, 5.74) is 1.54. The van der Waals surface area contributed by atoms with E-state index < -0.39 is 28.5 Å². The Morgan fingerprint density at radius 1 is 0.925 bits per heavy atom. The van der Waals surface area contributed by atoms with Gasteiger partial charge in [0.15, 0.2) is 0 Å². The van der Waals surface area contributed by atoms with Crippen molar-refractivity contribution in [2.45, 2.75) is 64.1 Å². The van der Waals surface area contributed by atoms with Gasteiger partial charge in [-0.15, -0.1) is 0 Å². The number of hydrogen-bond acceptors (Lipinski definition) is 4. The van der Waals surface area contributed by atoms with Gasteiger partial charge in [-0.2, -0.15) is 0 Å². The third kappa shape index (κ3) is 7.56. The maximum absolute atomic E-state index is 14.1. The molecule has 0 bridgehead atoms. The van der Waals surface area contributed by atoms with E-state index in [2.05, 4.69) is 5.32 Å². The maximum atomic E-state index is 14.1. The second-order valence-corrected chi connectivity index (χ2v) is 12.3. The van der Waals surface area contributed by atoms with Gasteiger partial charge in [0.25, 0.3) is 10.0 Å². The topological polar surface area (TPSA) is 86.8 Å². The Morgan fingerprint density at radius 2 is 1.57 bits per heavy atom. The third-order valence-corrected chi connectivity index (χ3v) is 9.10. The Bertz CT molecular complexity index is 1430. The fourth-order valence-electron chi connectivity index (χ4n) is 4.30. The third-order valence-electron chi connectivity index (χ3n) is 6.72. The molecule has 0 saturated heterocycles. The summed E-state index contributed by atoms with van der Waals surface area (Å²) in [4.78, 5) is 28.9. The quantitative estimate of drug-likeness (QED) is 0.266. The van der Waals surface area contributed by atoms with E-state index in [1.54, 1.807) is 67.6 Å². The van der Waals surface area contributed by atoms with E-state index in [1.807, 2.05) is 20.8 Å². The number of amides is 2. The first kappa shape index (κ1) is 31.5. The number of nitrogens with zero attached hydrogens (tertiary/aromatic N) is 2. The van der Waals surface area contributed by atoms with Gasteiger partial charge in [0.05, 0.1) is 10.6 Å². The zero-order valence-electron chi connectivity index (χ0n) is 23.1. The molecule has 0 aliphatic heterocycles. The molecular formula is C30H35Cl2N3O4S. The summed E-state index contributed by atoms with van der Waals surface area (Å²) < 4.78 is 28.9. The van der Waals surface area contributed by atoms with Crippen molar-refractivity contribution >= 4 is 50.7 Å². The number of benzene rings is 3. The van der Waals surface area contributed by atoms with Crippen LogP contribution in [0.5, 0.6) is 0 Å². The van der Waals surface area contributed by atoms with Gasteiger partial charge in [-0.05, 0) is 74.2 Å². The SMILES string of the molecule is CC[C@H](C(=O)N[C@@H](C)CC)N(Cc1ccccc1Cl)C(=O)CN(c1ccc(Cl)cc1C)S(=O)(=O)c1ccccc1. The molecule has 3 aromatic rings. The number of carbonyl (C=O) groups excluding carboxylic acids is 2. The van der Waals surface area contributed by atoms with E-state index in [4.69, 9.17) is 23.2 Å². The van der Waals surface area contributed by atoms with Crippen molar-refractivity contribution in [2.24, 2.45) is 0 Å². The van der Waals surface area contributed by atoms with Gasteiger partial charge >= 0.3 is 0 Å². The normalized spacial score (nSPS) is 12.8. The van der Waals surface area contributed by atoms with E-state index in [0.717, 1.165) is 10.7 Å². The molecule has 10 heteroatoms. The largest absolute Gasteiger partial charge is 0.352 e. The summed E-state index contributed by atoms with van der Waals surface area (Å²) in [6, 6.07) is 18.9. The molecular weight excluding hydrogens is 569 g/mol.